The summed E-state index contributed by atoms with van der Waals surface area (Å²) in [6.45, 7) is 6.19. The second-order valence-corrected chi connectivity index (χ2v) is 8.79. The Morgan fingerprint density at radius 3 is 2.35 bits per heavy atom. The molecule has 0 aromatic heterocycles. The summed E-state index contributed by atoms with van der Waals surface area (Å²) in [4.78, 5) is 13.0. The van der Waals surface area contributed by atoms with Crippen LogP contribution < -0.4 is 5.32 Å². The van der Waals surface area contributed by atoms with E-state index in [4.69, 9.17) is 0 Å². The topological polar surface area (TPSA) is 66.5 Å². The van der Waals surface area contributed by atoms with Gasteiger partial charge in [-0.3, -0.25) is 4.79 Å². The van der Waals surface area contributed by atoms with Crippen molar-refractivity contribution in [1.29, 1.82) is 0 Å². The minimum Gasteiger partial charge on any atom is -0.324 e. The second kappa shape index (κ2) is 7.21. The maximum atomic E-state index is 13.0. The van der Waals surface area contributed by atoms with Crippen molar-refractivity contribution in [2.24, 2.45) is 0 Å². The van der Waals surface area contributed by atoms with Gasteiger partial charge in [0.05, 0.1) is 4.90 Å². The average Bonchev–Trinajstić information content (AvgIpc) is 3.08. The van der Waals surface area contributed by atoms with Crippen molar-refractivity contribution < 1.29 is 13.2 Å². The lowest BCUT2D eigenvalue weighted by Gasteiger charge is -2.24. The number of amides is 1. The molecule has 1 N–H and O–H groups in total. The van der Waals surface area contributed by atoms with Gasteiger partial charge in [0.1, 0.15) is 6.04 Å². The predicted octanol–water partition coefficient (Wildman–Crippen LogP) is 3.40. The Morgan fingerprint density at radius 2 is 1.69 bits per heavy atom. The highest BCUT2D eigenvalue weighted by molar-refractivity contribution is 7.89. The molecule has 1 fully saturated rings. The first-order valence-electron chi connectivity index (χ1n) is 8.75. The fourth-order valence-corrected chi connectivity index (χ4v) is 4.96. The number of carbonyl (C=O) groups excluding carboxylic acids is 1. The first-order valence-corrected chi connectivity index (χ1v) is 10.2. The van der Waals surface area contributed by atoms with Gasteiger partial charge in [-0.25, -0.2) is 8.42 Å². The third-order valence-electron chi connectivity index (χ3n) is 4.77. The van der Waals surface area contributed by atoms with Crippen LogP contribution in [-0.4, -0.2) is 31.2 Å². The molecule has 26 heavy (non-hydrogen) atoms. The van der Waals surface area contributed by atoms with Gasteiger partial charge in [0.25, 0.3) is 0 Å². The van der Waals surface area contributed by atoms with Gasteiger partial charge in [0, 0.05) is 12.2 Å². The lowest BCUT2D eigenvalue weighted by atomic mass is 10.1. The highest BCUT2D eigenvalue weighted by atomic mass is 32.2. The Hall–Kier alpha value is -2.18. The van der Waals surface area contributed by atoms with Gasteiger partial charge in [-0.05, 0) is 57.4 Å². The van der Waals surface area contributed by atoms with Crippen LogP contribution in [0.5, 0.6) is 0 Å². The van der Waals surface area contributed by atoms with Crippen LogP contribution in [0.4, 0.5) is 5.69 Å². The maximum absolute atomic E-state index is 13.0. The van der Waals surface area contributed by atoms with Crippen LogP contribution in [-0.2, 0) is 14.8 Å². The minimum absolute atomic E-state index is 0.231. The first-order chi connectivity index (χ1) is 12.3. The van der Waals surface area contributed by atoms with E-state index in [2.05, 4.69) is 5.32 Å². The van der Waals surface area contributed by atoms with E-state index in [-0.39, 0.29) is 10.8 Å². The lowest BCUT2D eigenvalue weighted by molar-refractivity contribution is -0.119. The number of hydrogen-bond donors (Lipinski definition) is 1. The standard InChI is InChI=1S/C20H24N2O3S/c1-14-6-9-17(10-7-14)26(24,25)22-12-4-5-19(22)20(23)21-18-11-8-15(2)13-16(18)3/h6-11,13,19H,4-5,12H2,1-3H3,(H,21,23). The zero-order valence-electron chi connectivity index (χ0n) is 15.3. The zero-order chi connectivity index (χ0) is 18.9. The molecule has 1 atom stereocenters. The van der Waals surface area contributed by atoms with Crippen molar-refractivity contribution in [3.63, 3.8) is 0 Å². The van der Waals surface area contributed by atoms with Crippen LogP contribution >= 0.6 is 0 Å². The van der Waals surface area contributed by atoms with E-state index >= 15 is 0 Å². The van der Waals surface area contributed by atoms with Gasteiger partial charge in [-0.2, -0.15) is 4.31 Å². The summed E-state index contributed by atoms with van der Waals surface area (Å²) in [5, 5.41) is 2.90. The van der Waals surface area contributed by atoms with E-state index in [1.54, 1.807) is 24.3 Å². The first kappa shape index (κ1) is 18.6. The summed E-state index contributed by atoms with van der Waals surface area (Å²) in [6.07, 6.45) is 1.21. The smallest absolute Gasteiger partial charge is 0.243 e. The number of nitrogens with zero attached hydrogens (tertiary/aromatic N) is 1. The predicted molar refractivity (Wildman–Crippen MR) is 103 cm³/mol. The van der Waals surface area contributed by atoms with Crippen LogP contribution in [0.25, 0.3) is 0 Å². The molecule has 2 aromatic carbocycles. The minimum atomic E-state index is -3.69. The highest BCUT2D eigenvalue weighted by Crippen LogP contribution is 2.27. The molecular formula is C20H24N2O3S. The number of hydrogen-bond acceptors (Lipinski definition) is 3. The number of anilines is 1. The van der Waals surface area contributed by atoms with E-state index in [1.165, 1.54) is 4.31 Å². The zero-order valence-corrected chi connectivity index (χ0v) is 16.1. The van der Waals surface area contributed by atoms with Crippen molar-refractivity contribution >= 4 is 21.6 Å². The molecule has 1 aliphatic heterocycles. The Labute approximate surface area is 155 Å². The number of sulfonamides is 1. The summed E-state index contributed by atoms with van der Waals surface area (Å²) >= 11 is 0. The molecule has 0 radical (unpaired) electrons. The molecular weight excluding hydrogens is 348 g/mol. The monoisotopic (exact) mass is 372 g/mol. The van der Waals surface area contributed by atoms with Crippen LogP contribution in [0, 0.1) is 20.8 Å². The largest absolute Gasteiger partial charge is 0.324 e. The summed E-state index contributed by atoms with van der Waals surface area (Å²) in [6, 6.07) is 11.8. The fourth-order valence-electron chi connectivity index (χ4n) is 3.31. The van der Waals surface area contributed by atoms with Gasteiger partial charge in [0.2, 0.25) is 15.9 Å². The van der Waals surface area contributed by atoms with Gasteiger partial charge in [0.15, 0.2) is 0 Å². The van der Waals surface area contributed by atoms with E-state index in [0.717, 1.165) is 22.4 Å². The number of rotatable bonds is 4. The lowest BCUT2D eigenvalue weighted by Crippen LogP contribution is -2.43. The number of benzene rings is 2. The van der Waals surface area contributed by atoms with Crippen molar-refractivity contribution in [2.45, 2.75) is 44.6 Å². The fraction of sp³-hybridized carbons (Fsp3) is 0.350. The maximum Gasteiger partial charge on any atom is 0.243 e. The second-order valence-electron chi connectivity index (χ2n) is 6.89. The van der Waals surface area contributed by atoms with Gasteiger partial charge >= 0.3 is 0 Å². The summed E-state index contributed by atoms with van der Waals surface area (Å²) in [5.41, 5.74) is 3.80. The Bertz CT molecular complexity index is 921. The van der Waals surface area contributed by atoms with Crippen molar-refractivity contribution in [3.05, 3.63) is 59.2 Å². The van der Waals surface area contributed by atoms with Gasteiger partial charge in [-0.15, -0.1) is 0 Å². The summed E-state index contributed by atoms with van der Waals surface area (Å²) in [7, 11) is -3.69. The Kier molecular flexibility index (Phi) is 5.16. The quantitative estimate of drug-likeness (QED) is 0.894. The molecule has 1 heterocycles. The SMILES string of the molecule is Cc1ccc(S(=O)(=O)N2CCCC2C(=O)Nc2ccc(C)cc2C)cc1. The molecule has 5 nitrogen and oxygen atoms in total. The average molecular weight is 372 g/mol. The molecule has 3 rings (SSSR count). The molecule has 0 bridgehead atoms. The summed E-state index contributed by atoms with van der Waals surface area (Å²) in [5.74, 6) is -0.273. The number of nitrogens with one attached hydrogen (secondary N) is 1. The number of aryl methyl sites for hydroxylation is 3. The van der Waals surface area contributed by atoms with E-state index < -0.39 is 16.1 Å². The van der Waals surface area contributed by atoms with E-state index in [9.17, 15) is 13.2 Å². The van der Waals surface area contributed by atoms with Crippen molar-refractivity contribution in [1.82, 2.24) is 4.31 Å². The molecule has 0 spiro atoms. The Morgan fingerprint density at radius 1 is 1.04 bits per heavy atom. The van der Waals surface area contributed by atoms with Crippen LogP contribution in [0.1, 0.15) is 29.5 Å². The summed E-state index contributed by atoms with van der Waals surface area (Å²) < 4.78 is 27.3. The molecule has 1 unspecified atom stereocenters. The van der Waals surface area contributed by atoms with Crippen LogP contribution in [0.2, 0.25) is 0 Å². The highest BCUT2D eigenvalue weighted by Gasteiger charge is 2.39. The third-order valence-corrected chi connectivity index (χ3v) is 6.70. The van der Waals surface area contributed by atoms with E-state index in [0.29, 0.717) is 19.4 Å². The molecule has 1 aliphatic rings. The Balaban J connectivity index is 1.83. The number of carbonyl (C=O) groups is 1. The molecule has 0 aliphatic carbocycles. The molecule has 6 heteroatoms. The normalized spacial score (nSPS) is 18.0. The van der Waals surface area contributed by atoms with Crippen LogP contribution in [0.3, 0.4) is 0 Å². The molecule has 1 amide bonds. The van der Waals surface area contributed by atoms with Crippen molar-refractivity contribution in [2.75, 3.05) is 11.9 Å². The molecule has 138 valence electrons. The van der Waals surface area contributed by atoms with Gasteiger partial charge < -0.3 is 5.32 Å². The molecule has 1 saturated heterocycles. The van der Waals surface area contributed by atoms with E-state index in [1.807, 2.05) is 39.0 Å². The van der Waals surface area contributed by atoms with Crippen LogP contribution in [0.15, 0.2) is 47.4 Å². The molecule has 0 saturated carbocycles. The van der Waals surface area contributed by atoms with Crippen molar-refractivity contribution in [3.8, 4) is 0 Å². The third kappa shape index (κ3) is 3.66. The van der Waals surface area contributed by atoms with Gasteiger partial charge in [-0.1, -0.05) is 35.4 Å². The molecule has 2 aromatic rings.